The lowest BCUT2D eigenvalue weighted by Crippen LogP contribution is -2.48. The summed E-state index contributed by atoms with van der Waals surface area (Å²) in [5, 5.41) is 14.6. The van der Waals surface area contributed by atoms with Gasteiger partial charge in [0.1, 0.15) is 11.5 Å². The number of carbonyl (C=O) groups excluding carboxylic acids is 2. The van der Waals surface area contributed by atoms with E-state index < -0.39 is 17.4 Å². The predicted octanol–water partition coefficient (Wildman–Crippen LogP) is 4.09. The highest BCUT2D eigenvalue weighted by Gasteiger charge is 2.49. The van der Waals surface area contributed by atoms with Crippen LogP contribution in [0.2, 0.25) is 0 Å². The molecule has 0 amide bonds. The van der Waals surface area contributed by atoms with Crippen molar-refractivity contribution in [2.45, 2.75) is 38.7 Å². The highest BCUT2D eigenvalue weighted by Crippen LogP contribution is 2.47. The first kappa shape index (κ1) is 20.8. The fraction of sp³-hybridized carbons (Fsp3) is 0.333. The molecule has 0 aromatic heterocycles. The molecule has 29 heavy (non-hydrogen) atoms. The molecule has 0 saturated carbocycles. The van der Waals surface area contributed by atoms with Crippen LogP contribution in [-0.4, -0.2) is 29.4 Å². The Bertz CT molecular complexity index is 929. The van der Waals surface area contributed by atoms with E-state index in [9.17, 15) is 14.7 Å². The summed E-state index contributed by atoms with van der Waals surface area (Å²) in [6.45, 7) is 4.66. The Morgan fingerprint density at radius 3 is 2.21 bits per heavy atom. The number of carbonyl (C=O) groups is 2. The van der Waals surface area contributed by atoms with Gasteiger partial charge in [0, 0.05) is 29.3 Å². The van der Waals surface area contributed by atoms with Crippen molar-refractivity contribution in [1.29, 1.82) is 0 Å². The number of hydrogen-bond acceptors (Lipinski definition) is 5. The number of rotatable bonds is 6. The van der Waals surface area contributed by atoms with Gasteiger partial charge in [-0.15, -0.1) is 0 Å². The highest BCUT2D eigenvalue weighted by atomic mass is 16.5. The quantitative estimate of drug-likeness (QED) is 0.773. The summed E-state index contributed by atoms with van der Waals surface area (Å²) in [5.74, 6) is -0.741. The Morgan fingerprint density at radius 1 is 1.07 bits per heavy atom. The van der Waals surface area contributed by atoms with Crippen molar-refractivity contribution in [1.82, 2.24) is 0 Å². The number of methoxy groups -OCH3 is 1. The van der Waals surface area contributed by atoms with Crippen LogP contribution in [0.3, 0.4) is 0 Å². The summed E-state index contributed by atoms with van der Waals surface area (Å²) >= 11 is 0. The van der Waals surface area contributed by atoms with Gasteiger partial charge in [-0.25, -0.2) is 0 Å². The van der Waals surface area contributed by atoms with Crippen molar-refractivity contribution in [2.24, 2.45) is 5.92 Å². The van der Waals surface area contributed by atoms with Crippen molar-refractivity contribution in [3.05, 3.63) is 71.4 Å². The van der Waals surface area contributed by atoms with E-state index >= 15 is 0 Å². The molecule has 0 unspecified atom stereocenters. The van der Waals surface area contributed by atoms with Crippen molar-refractivity contribution in [3.8, 4) is 5.75 Å². The first-order chi connectivity index (χ1) is 13.7. The molecular weight excluding hydrogens is 366 g/mol. The number of Topliss-reactive ketones (excluding diaryl/α,β-unsaturated/α-hetero) is 2. The average Bonchev–Trinajstić information content (AvgIpc) is 2.67. The molecule has 1 aliphatic carbocycles. The fourth-order valence-electron chi connectivity index (χ4n) is 4.36. The summed E-state index contributed by atoms with van der Waals surface area (Å²) in [6, 6.07) is 16.8. The Morgan fingerprint density at radius 2 is 1.69 bits per heavy atom. The number of benzene rings is 2. The van der Waals surface area contributed by atoms with E-state index in [1.54, 1.807) is 14.0 Å². The molecule has 0 heterocycles. The molecule has 0 saturated heterocycles. The van der Waals surface area contributed by atoms with Gasteiger partial charge in [0.2, 0.25) is 0 Å². The zero-order chi connectivity index (χ0) is 21.2. The van der Waals surface area contributed by atoms with E-state index in [4.69, 9.17) is 4.74 Å². The number of anilines is 1. The van der Waals surface area contributed by atoms with Crippen LogP contribution in [0.25, 0.3) is 0 Å². The average molecular weight is 393 g/mol. The molecule has 2 aromatic carbocycles. The van der Waals surface area contributed by atoms with Crippen LogP contribution in [0.4, 0.5) is 5.69 Å². The van der Waals surface area contributed by atoms with E-state index in [0.29, 0.717) is 11.3 Å². The molecule has 0 fully saturated rings. The van der Waals surface area contributed by atoms with Crippen LogP contribution < -0.4 is 10.1 Å². The zero-order valence-corrected chi connectivity index (χ0v) is 17.2. The summed E-state index contributed by atoms with van der Waals surface area (Å²) < 4.78 is 5.20. The van der Waals surface area contributed by atoms with Crippen molar-refractivity contribution >= 4 is 17.3 Å². The third kappa shape index (κ3) is 4.25. The molecule has 1 aliphatic rings. The molecule has 2 N–H and O–H groups in total. The lowest BCUT2D eigenvalue weighted by molar-refractivity contribution is -0.131. The maximum Gasteiger partial charge on any atom is 0.158 e. The van der Waals surface area contributed by atoms with Gasteiger partial charge >= 0.3 is 0 Å². The predicted molar refractivity (Wildman–Crippen MR) is 113 cm³/mol. The smallest absolute Gasteiger partial charge is 0.158 e. The molecule has 0 bridgehead atoms. The molecule has 0 spiro atoms. The molecular formula is C24H27NO4. The Labute approximate surface area is 171 Å². The van der Waals surface area contributed by atoms with Gasteiger partial charge in [-0.05, 0) is 50.6 Å². The van der Waals surface area contributed by atoms with Crippen LogP contribution in [0.15, 0.2) is 65.9 Å². The van der Waals surface area contributed by atoms with Crippen LogP contribution in [0.1, 0.15) is 38.7 Å². The summed E-state index contributed by atoms with van der Waals surface area (Å²) in [4.78, 5) is 25.3. The lowest BCUT2D eigenvalue weighted by atomic mass is 9.64. The first-order valence-electron chi connectivity index (χ1n) is 9.67. The Kier molecular flexibility index (Phi) is 5.89. The Balaban J connectivity index is 2.15. The van der Waals surface area contributed by atoms with Gasteiger partial charge in [0.15, 0.2) is 5.78 Å². The minimum Gasteiger partial charge on any atom is -0.497 e. The number of ether oxygens (including phenoxy) is 1. The Hall–Kier alpha value is -2.92. The lowest BCUT2D eigenvalue weighted by Gasteiger charge is -2.43. The van der Waals surface area contributed by atoms with E-state index in [1.807, 2.05) is 54.6 Å². The fourth-order valence-corrected chi connectivity index (χ4v) is 4.36. The zero-order valence-electron chi connectivity index (χ0n) is 17.2. The molecule has 3 atom stereocenters. The van der Waals surface area contributed by atoms with Crippen LogP contribution in [0, 0.1) is 5.92 Å². The molecule has 5 nitrogen and oxygen atoms in total. The van der Waals surface area contributed by atoms with Gasteiger partial charge in [-0.2, -0.15) is 0 Å². The highest BCUT2D eigenvalue weighted by molar-refractivity contribution is 5.98. The van der Waals surface area contributed by atoms with Crippen molar-refractivity contribution in [2.75, 3.05) is 12.4 Å². The molecule has 152 valence electrons. The van der Waals surface area contributed by atoms with Gasteiger partial charge < -0.3 is 15.2 Å². The number of aliphatic hydroxyl groups is 1. The summed E-state index contributed by atoms with van der Waals surface area (Å²) in [7, 11) is 1.60. The SMILES string of the molecule is COc1ccc(NC2=C(C(C)=O)[C@H](c3ccccc3)[C@H](C(C)=O)[C@](C)(O)C2)cc1. The van der Waals surface area contributed by atoms with Crippen LogP contribution >= 0.6 is 0 Å². The minimum atomic E-state index is -1.29. The second-order valence-corrected chi connectivity index (χ2v) is 7.81. The van der Waals surface area contributed by atoms with E-state index in [0.717, 1.165) is 17.0 Å². The van der Waals surface area contributed by atoms with Gasteiger partial charge in [-0.3, -0.25) is 9.59 Å². The number of ketones is 2. The maximum absolute atomic E-state index is 12.8. The van der Waals surface area contributed by atoms with Gasteiger partial charge in [0.05, 0.1) is 18.6 Å². The van der Waals surface area contributed by atoms with Gasteiger partial charge in [0.25, 0.3) is 0 Å². The van der Waals surface area contributed by atoms with Crippen LogP contribution in [0.5, 0.6) is 5.75 Å². The number of nitrogens with one attached hydrogen (secondary N) is 1. The third-order valence-corrected chi connectivity index (χ3v) is 5.54. The molecule has 0 radical (unpaired) electrons. The largest absolute Gasteiger partial charge is 0.497 e. The van der Waals surface area contributed by atoms with Crippen molar-refractivity contribution in [3.63, 3.8) is 0 Å². The maximum atomic E-state index is 12.8. The molecule has 3 rings (SSSR count). The standard InChI is InChI=1S/C24H27NO4/c1-15(26)21-20(25-18-10-12-19(29-4)13-11-18)14-24(3,28)23(16(2)27)22(21)17-8-6-5-7-9-17/h5-13,22-23,25,28H,14H2,1-4H3/t22-,23-,24+/m0/s1. The minimum absolute atomic E-state index is 0.114. The van der Waals surface area contributed by atoms with E-state index in [1.165, 1.54) is 13.8 Å². The first-order valence-corrected chi connectivity index (χ1v) is 9.67. The summed E-state index contributed by atoms with van der Waals surface area (Å²) in [5.41, 5.74) is 1.51. The topological polar surface area (TPSA) is 75.6 Å². The normalized spacial score (nSPS) is 24.2. The van der Waals surface area contributed by atoms with E-state index in [2.05, 4.69) is 5.32 Å². The monoisotopic (exact) mass is 393 g/mol. The van der Waals surface area contributed by atoms with Gasteiger partial charge in [-0.1, -0.05) is 30.3 Å². The third-order valence-electron chi connectivity index (χ3n) is 5.54. The number of hydrogen-bond donors (Lipinski definition) is 2. The molecule has 5 heteroatoms. The van der Waals surface area contributed by atoms with E-state index in [-0.39, 0.29) is 18.0 Å². The van der Waals surface area contributed by atoms with Crippen molar-refractivity contribution < 1.29 is 19.4 Å². The second-order valence-electron chi connectivity index (χ2n) is 7.81. The number of allylic oxidation sites excluding steroid dienone is 1. The summed E-state index contributed by atoms with van der Waals surface area (Å²) in [6.07, 6.45) is 0.182. The second kappa shape index (κ2) is 8.21. The molecule has 0 aliphatic heterocycles. The molecule has 2 aromatic rings. The van der Waals surface area contributed by atoms with Crippen LogP contribution in [-0.2, 0) is 9.59 Å².